The van der Waals surface area contributed by atoms with Crippen LogP contribution in [0.5, 0.6) is 0 Å². The van der Waals surface area contributed by atoms with Crippen LogP contribution in [0.1, 0.15) is 11.1 Å². The number of anilines is 1. The van der Waals surface area contributed by atoms with Crippen LogP contribution in [0.25, 0.3) is 0 Å². The van der Waals surface area contributed by atoms with Gasteiger partial charge in [0.25, 0.3) is 0 Å². The molecule has 0 atom stereocenters. The summed E-state index contributed by atoms with van der Waals surface area (Å²) in [6.45, 7) is 1.63. The van der Waals surface area contributed by atoms with Crippen LogP contribution in [0.3, 0.4) is 0 Å². The van der Waals surface area contributed by atoms with Crippen molar-refractivity contribution in [2.75, 3.05) is 11.9 Å². The maximum absolute atomic E-state index is 13.0. The molecular weight excluding hydrogens is 319 g/mol. The molecule has 0 aliphatic carbocycles. The number of carbonyl (C=O) groups excluding carboxylic acids is 2. The van der Waals surface area contributed by atoms with Gasteiger partial charge in [0, 0.05) is 10.7 Å². The second-order valence-electron chi connectivity index (χ2n) is 5.04. The number of amides is 2. The molecule has 0 radical (unpaired) electrons. The first-order chi connectivity index (χ1) is 11.0. The molecule has 120 valence electrons. The molecule has 2 N–H and O–H groups in total. The van der Waals surface area contributed by atoms with Gasteiger partial charge in [0.15, 0.2) is 0 Å². The van der Waals surface area contributed by atoms with E-state index in [1.165, 1.54) is 18.2 Å². The third kappa shape index (κ3) is 5.07. The van der Waals surface area contributed by atoms with Crippen LogP contribution < -0.4 is 10.6 Å². The zero-order valence-electron chi connectivity index (χ0n) is 12.5. The van der Waals surface area contributed by atoms with Crippen LogP contribution in [0.4, 0.5) is 10.1 Å². The smallest absolute Gasteiger partial charge is 0.243 e. The molecule has 2 aromatic carbocycles. The number of hydrogen-bond donors (Lipinski definition) is 2. The Labute approximate surface area is 138 Å². The van der Waals surface area contributed by atoms with Crippen molar-refractivity contribution in [3.05, 3.63) is 64.4 Å². The summed E-state index contributed by atoms with van der Waals surface area (Å²) in [5, 5.41) is 5.73. The standard InChI is InChI=1S/C17H16ClFN2O2/c1-11-14(18)6-3-7-15(11)21-17(23)10-20-16(22)9-12-4-2-5-13(19)8-12/h2-8H,9-10H2,1H3,(H,20,22)(H,21,23). The Bertz CT molecular complexity index is 734. The lowest BCUT2D eigenvalue weighted by Gasteiger charge is -2.10. The predicted octanol–water partition coefficient (Wildman–Crippen LogP) is 3.08. The van der Waals surface area contributed by atoms with Crippen molar-refractivity contribution in [2.24, 2.45) is 0 Å². The van der Waals surface area contributed by atoms with Crippen molar-refractivity contribution < 1.29 is 14.0 Å². The van der Waals surface area contributed by atoms with Crippen molar-refractivity contribution in [1.82, 2.24) is 5.32 Å². The SMILES string of the molecule is Cc1c(Cl)cccc1NC(=O)CNC(=O)Cc1cccc(F)c1. The Balaban J connectivity index is 1.84. The summed E-state index contributed by atoms with van der Waals surface area (Å²) < 4.78 is 13.0. The van der Waals surface area contributed by atoms with Crippen LogP contribution >= 0.6 is 11.6 Å². The van der Waals surface area contributed by atoms with E-state index in [1.807, 2.05) is 0 Å². The van der Waals surface area contributed by atoms with E-state index in [4.69, 9.17) is 11.6 Å². The Morgan fingerprint density at radius 3 is 2.61 bits per heavy atom. The molecule has 2 amide bonds. The highest BCUT2D eigenvalue weighted by atomic mass is 35.5. The third-order valence-electron chi connectivity index (χ3n) is 3.24. The van der Waals surface area contributed by atoms with Gasteiger partial charge in [-0.1, -0.05) is 29.8 Å². The van der Waals surface area contributed by atoms with Gasteiger partial charge in [-0.3, -0.25) is 9.59 Å². The topological polar surface area (TPSA) is 58.2 Å². The summed E-state index contributed by atoms with van der Waals surface area (Å²) >= 11 is 5.98. The van der Waals surface area contributed by atoms with Gasteiger partial charge < -0.3 is 10.6 Å². The molecule has 2 aromatic rings. The first-order valence-corrected chi connectivity index (χ1v) is 7.39. The van der Waals surface area contributed by atoms with Gasteiger partial charge in [0.2, 0.25) is 11.8 Å². The highest BCUT2D eigenvalue weighted by molar-refractivity contribution is 6.31. The largest absolute Gasteiger partial charge is 0.347 e. The van der Waals surface area contributed by atoms with E-state index in [1.54, 1.807) is 31.2 Å². The molecule has 0 saturated carbocycles. The summed E-state index contributed by atoms with van der Waals surface area (Å²) in [6, 6.07) is 11.0. The lowest BCUT2D eigenvalue weighted by molar-refractivity contribution is -0.123. The normalized spacial score (nSPS) is 10.2. The van der Waals surface area contributed by atoms with Crippen molar-refractivity contribution in [3.8, 4) is 0 Å². The second kappa shape index (κ2) is 7.74. The van der Waals surface area contributed by atoms with Crippen molar-refractivity contribution in [1.29, 1.82) is 0 Å². The van der Waals surface area contributed by atoms with E-state index in [0.29, 0.717) is 16.3 Å². The van der Waals surface area contributed by atoms with Crippen molar-refractivity contribution in [2.45, 2.75) is 13.3 Å². The summed E-state index contributed by atoms with van der Waals surface area (Å²) in [5.41, 5.74) is 1.91. The molecule has 0 aliphatic rings. The fourth-order valence-corrected chi connectivity index (χ4v) is 2.19. The quantitative estimate of drug-likeness (QED) is 0.882. The number of hydrogen-bond acceptors (Lipinski definition) is 2. The summed E-state index contributed by atoms with van der Waals surface area (Å²) in [6.07, 6.45) is 0.0151. The maximum Gasteiger partial charge on any atom is 0.243 e. The number of rotatable bonds is 5. The minimum absolute atomic E-state index is 0.0151. The molecule has 0 aromatic heterocycles. The van der Waals surface area contributed by atoms with Crippen LogP contribution in [-0.4, -0.2) is 18.4 Å². The molecule has 2 rings (SSSR count). The summed E-state index contributed by atoms with van der Waals surface area (Å²) in [5.74, 6) is -1.11. The number of benzene rings is 2. The van der Waals surface area contributed by atoms with Gasteiger partial charge >= 0.3 is 0 Å². The summed E-state index contributed by atoms with van der Waals surface area (Å²) in [7, 11) is 0. The Morgan fingerprint density at radius 1 is 1.13 bits per heavy atom. The van der Waals surface area contributed by atoms with E-state index >= 15 is 0 Å². The first kappa shape index (κ1) is 17.0. The summed E-state index contributed by atoms with van der Waals surface area (Å²) in [4.78, 5) is 23.6. The van der Waals surface area contributed by atoms with E-state index in [-0.39, 0.29) is 24.8 Å². The molecule has 0 heterocycles. The number of carbonyl (C=O) groups is 2. The molecule has 0 unspecified atom stereocenters. The minimum Gasteiger partial charge on any atom is -0.347 e. The Hall–Kier alpha value is -2.40. The van der Waals surface area contributed by atoms with Crippen LogP contribution in [0.2, 0.25) is 5.02 Å². The zero-order valence-corrected chi connectivity index (χ0v) is 13.3. The van der Waals surface area contributed by atoms with Gasteiger partial charge in [-0.25, -0.2) is 4.39 Å². The fraction of sp³-hybridized carbons (Fsp3) is 0.176. The molecule has 23 heavy (non-hydrogen) atoms. The van der Waals surface area contributed by atoms with Gasteiger partial charge in [0.05, 0.1) is 13.0 Å². The molecule has 4 nitrogen and oxygen atoms in total. The average molecular weight is 335 g/mol. The molecule has 0 spiro atoms. The van der Waals surface area contributed by atoms with E-state index in [0.717, 1.165) is 5.56 Å². The highest BCUT2D eigenvalue weighted by Gasteiger charge is 2.09. The second-order valence-corrected chi connectivity index (χ2v) is 5.45. The zero-order chi connectivity index (χ0) is 16.8. The van der Waals surface area contributed by atoms with Crippen LogP contribution in [0.15, 0.2) is 42.5 Å². The molecule has 0 saturated heterocycles. The van der Waals surface area contributed by atoms with Gasteiger partial charge in [-0.05, 0) is 42.3 Å². The molecular formula is C17H16ClFN2O2. The van der Waals surface area contributed by atoms with Crippen LogP contribution in [-0.2, 0) is 16.0 Å². The third-order valence-corrected chi connectivity index (χ3v) is 3.65. The highest BCUT2D eigenvalue weighted by Crippen LogP contribution is 2.22. The molecule has 0 aliphatic heterocycles. The van der Waals surface area contributed by atoms with E-state index in [9.17, 15) is 14.0 Å². The average Bonchev–Trinajstić information content (AvgIpc) is 2.50. The Kier molecular flexibility index (Phi) is 5.71. The Morgan fingerprint density at radius 2 is 1.87 bits per heavy atom. The number of halogens is 2. The van der Waals surface area contributed by atoms with Gasteiger partial charge in [0.1, 0.15) is 5.82 Å². The monoisotopic (exact) mass is 334 g/mol. The first-order valence-electron chi connectivity index (χ1n) is 7.02. The van der Waals surface area contributed by atoms with Gasteiger partial charge in [-0.2, -0.15) is 0 Å². The van der Waals surface area contributed by atoms with Crippen molar-refractivity contribution in [3.63, 3.8) is 0 Å². The van der Waals surface area contributed by atoms with Crippen LogP contribution in [0, 0.1) is 12.7 Å². The van der Waals surface area contributed by atoms with E-state index < -0.39 is 5.82 Å². The lowest BCUT2D eigenvalue weighted by Crippen LogP contribution is -2.33. The van der Waals surface area contributed by atoms with E-state index in [2.05, 4.69) is 10.6 Å². The number of nitrogens with one attached hydrogen (secondary N) is 2. The molecule has 0 fully saturated rings. The lowest BCUT2D eigenvalue weighted by atomic mass is 10.1. The maximum atomic E-state index is 13.0. The predicted molar refractivity (Wildman–Crippen MR) is 87.9 cm³/mol. The van der Waals surface area contributed by atoms with Crippen molar-refractivity contribution >= 4 is 29.1 Å². The molecule has 0 bridgehead atoms. The van der Waals surface area contributed by atoms with Gasteiger partial charge in [-0.15, -0.1) is 0 Å². The minimum atomic E-state index is -0.399. The molecule has 6 heteroatoms. The fourth-order valence-electron chi connectivity index (χ4n) is 2.01.